The fourth-order valence-corrected chi connectivity index (χ4v) is 2.46. The van der Waals surface area contributed by atoms with Crippen molar-refractivity contribution in [2.75, 3.05) is 4.90 Å². The van der Waals surface area contributed by atoms with Crippen LogP contribution in [0.5, 0.6) is 0 Å². The van der Waals surface area contributed by atoms with E-state index in [0.717, 1.165) is 4.90 Å². The van der Waals surface area contributed by atoms with Gasteiger partial charge in [-0.3, -0.25) is 4.79 Å². The van der Waals surface area contributed by atoms with E-state index < -0.39 is 17.9 Å². The summed E-state index contributed by atoms with van der Waals surface area (Å²) in [7, 11) is 0. The summed E-state index contributed by atoms with van der Waals surface area (Å²) in [6.45, 7) is 0. The number of halogens is 1. The van der Waals surface area contributed by atoms with Gasteiger partial charge in [-0.25, -0.2) is 14.5 Å². The van der Waals surface area contributed by atoms with Gasteiger partial charge in [0, 0.05) is 5.02 Å². The van der Waals surface area contributed by atoms with Gasteiger partial charge in [0.15, 0.2) is 0 Å². The maximum Gasteiger partial charge on any atom is 0.335 e. The molecule has 2 aromatic rings. The molecule has 0 atom stereocenters. The summed E-state index contributed by atoms with van der Waals surface area (Å²) in [6.07, 6.45) is 1.48. The summed E-state index contributed by atoms with van der Waals surface area (Å²) >= 11 is 5.89. The Balaban J connectivity index is 1.89. The minimum absolute atomic E-state index is 0.100. The molecule has 0 aliphatic carbocycles. The van der Waals surface area contributed by atoms with Crippen molar-refractivity contribution in [3.8, 4) is 0 Å². The maximum absolute atomic E-state index is 12.4. The number of hydrogen-bond acceptors (Lipinski definition) is 3. The topological polar surface area (TPSA) is 86.7 Å². The SMILES string of the molecule is O=C(O)c1ccc(/C=C2/NC(=O)N(c3cccc(Cl)c3)C2=O)cc1. The van der Waals surface area contributed by atoms with Crippen LogP contribution < -0.4 is 10.2 Å². The Labute approximate surface area is 142 Å². The number of benzene rings is 2. The monoisotopic (exact) mass is 342 g/mol. The van der Waals surface area contributed by atoms with E-state index in [1.54, 1.807) is 30.3 Å². The van der Waals surface area contributed by atoms with Crippen LogP contribution in [0.2, 0.25) is 5.02 Å². The van der Waals surface area contributed by atoms with E-state index in [1.165, 1.54) is 24.3 Å². The van der Waals surface area contributed by atoms with E-state index in [9.17, 15) is 14.4 Å². The molecule has 1 saturated heterocycles. The Hall–Kier alpha value is -3.12. The van der Waals surface area contributed by atoms with E-state index in [0.29, 0.717) is 16.3 Å². The fourth-order valence-electron chi connectivity index (χ4n) is 2.27. The Bertz CT molecular complexity index is 874. The van der Waals surface area contributed by atoms with Crippen LogP contribution in [0, 0.1) is 0 Å². The van der Waals surface area contributed by atoms with Crippen molar-refractivity contribution in [1.29, 1.82) is 0 Å². The zero-order chi connectivity index (χ0) is 17.3. The average molecular weight is 343 g/mol. The van der Waals surface area contributed by atoms with Crippen LogP contribution in [-0.4, -0.2) is 23.0 Å². The quantitative estimate of drug-likeness (QED) is 0.662. The number of carboxylic acids is 1. The van der Waals surface area contributed by atoms with Crippen LogP contribution in [0.15, 0.2) is 54.2 Å². The highest BCUT2D eigenvalue weighted by Gasteiger charge is 2.34. The summed E-state index contributed by atoms with van der Waals surface area (Å²) in [6, 6.07) is 11.8. The maximum atomic E-state index is 12.4. The number of amides is 3. The van der Waals surface area contributed by atoms with Crippen LogP contribution in [0.1, 0.15) is 15.9 Å². The van der Waals surface area contributed by atoms with Crippen LogP contribution in [0.25, 0.3) is 6.08 Å². The fraction of sp³-hybridized carbons (Fsp3) is 0. The second-order valence-corrected chi connectivity index (χ2v) is 5.47. The molecule has 7 heteroatoms. The summed E-state index contributed by atoms with van der Waals surface area (Å²) in [4.78, 5) is 36.3. The molecule has 24 heavy (non-hydrogen) atoms. The zero-order valence-corrected chi connectivity index (χ0v) is 12.9. The average Bonchev–Trinajstić information content (AvgIpc) is 2.82. The first kappa shape index (κ1) is 15.8. The lowest BCUT2D eigenvalue weighted by Crippen LogP contribution is -2.30. The summed E-state index contributed by atoms with van der Waals surface area (Å²) in [5, 5.41) is 11.8. The van der Waals surface area contributed by atoms with Crippen LogP contribution >= 0.6 is 11.6 Å². The number of carbonyl (C=O) groups excluding carboxylic acids is 2. The lowest BCUT2D eigenvalue weighted by atomic mass is 10.1. The number of anilines is 1. The van der Waals surface area contributed by atoms with Gasteiger partial charge in [0.05, 0.1) is 11.3 Å². The van der Waals surface area contributed by atoms with E-state index in [1.807, 2.05) is 0 Å². The van der Waals surface area contributed by atoms with Crippen molar-refractivity contribution in [1.82, 2.24) is 5.32 Å². The number of nitrogens with one attached hydrogen (secondary N) is 1. The van der Waals surface area contributed by atoms with Gasteiger partial charge in [-0.2, -0.15) is 0 Å². The van der Waals surface area contributed by atoms with Crippen molar-refractivity contribution >= 4 is 41.3 Å². The number of nitrogens with zero attached hydrogens (tertiary/aromatic N) is 1. The third kappa shape index (κ3) is 3.00. The highest BCUT2D eigenvalue weighted by Crippen LogP contribution is 2.24. The van der Waals surface area contributed by atoms with Gasteiger partial charge < -0.3 is 10.4 Å². The first-order valence-electron chi connectivity index (χ1n) is 6.92. The van der Waals surface area contributed by atoms with Gasteiger partial charge in [0.2, 0.25) is 0 Å². The molecule has 3 rings (SSSR count). The largest absolute Gasteiger partial charge is 0.478 e. The summed E-state index contributed by atoms with van der Waals surface area (Å²) in [5.41, 5.74) is 1.20. The van der Waals surface area contributed by atoms with Crippen molar-refractivity contribution in [3.63, 3.8) is 0 Å². The molecule has 6 nitrogen and oxygen atoms in total. The van der Waals surface area contributed by atoms with Crippen LogP contribution in [0.3, 0.4) is 0 Å². The molecule has 0 saturated carbocycles. The molecule has 2 aromatic carbocycles. The summed E-state index contributed by atoms with van der Waals surface area (Å²) < 4.78 is 0. The molecule has 0 radical (unpaired) electrons. The predicted molar refractivity (Wildman–Crippen MR) is 88.8 cm³/mol. The van der Waals surface area contributed by atoms with Crippen molar-refractivity contribution in [2.45, 2.75) is 0 Å². The summed E-state index contributed by atoms with van der Waals surface area (Å²) in [5.74, 6) is -1.55. The van der Waals surface area contributed by atoms with E-state index in [2.05, 4.69) is 5.32 Å². The van der Waals surface area contributed by atoms with Crippen LogP contribution in [0.4, 0.5) is 10.5 Å². The number of aromatic carboxylic acids is 1. The van der Waals surface area contributed by atoms with E-state index in [4.69, 9.17) is 16.7 Å². The standard InChI is InChI=1S/C17H11ClN2O4/c18-12-2-1-3-13(9-12)20-15(21)14(19-17(20)24)8-10-4-6-11(7-5-10)16(22)23/h1-9H,(H,19,24)(H,22,23)/b14-8+. The Morgan fingerprint density at radius 1 is 1.12 bits per heavy atom. The van der Waals surface area contributed by atoms with Gasteiger partial charge >= 0.3 is 12.0 Å². The third-order valence-corrected chi connectivity index (χ3v) is 3.65. The number of carboxylic acid groups (broad SMARTS) is 1. The number of hydrogen-bond donors (Lipinski definition) is 2. The molecule has 0 bridgehead atoms. The Morgan fingerprint density at radius 2 is 1.83 bits per heavy atom. The van der Waals surface area contributed by atoms with Crippen molar-refractivity contribution in [2.24, 2.45) is 0 Å². The molecule has 1 aliphatic heterocycles. The molecule has 0 aromatic heterocycles. The molecular formula is C17H11ClN2O4. The van der Waals surface area contributed by atoms with Crippen molar-refractivity contribution < 1.29 is 19.5 Å². The zero-order valence-electron chi connectivity index (χ0n) is 12.2. The molecular weight excluding hydrogens is 332 g/mol. The number of rotatable bonds is 3. The molecule has 0 unspecified atom stereocenters. The number of imide groups is 1. The third-order valence-electron chi connectivity index (χ3n) is 3.41. The predicted octanol–water partition coefficient (Wildman–Crippen LogP) is 3.14. The highest BCUT2D eigenvalue weighted by atomic mass is 35.5. The van der Waals surface area contributed by atoms with Crippen molar-refractivity contribution in [3.05, 3.63) is 70.4 Å². The first-order chi connectivity index (χ1) is 11.5. The Morgan fingerprint density at radius 3 is 2.46 bits per heavy atom. The molecule has 1 aliphatic rings. The molecule has 120 valence electrons. The van der Waals surface area contributed by atoms with Gasteiger partial charge in [-0.05, 0) is 42.0 Å². The molecule has 1 fully saturated rings. The lowest BCUT2D eigenvalue weighted by Gasteiger charge is -2.11. The first-order valence-corrected chi connectivity index (χ1v) is 7.29. The molecule has 1 heterocycles. The van der Waals surface area contributed by atoms with Gasteiger partial charge in [0.25, 0.3) is 5.91 Å². The number of urea groups is 1. The Kier molecular flexibility index (Phi) is 4.05. The minimum atomic E-state index is -1.04. The second-order valence-electron chi connectivity index (χ2n) is 5.04. The molecule has 2 N–H and O–H groups in total. The normalized spacial score (nSPS) is 15.7. The highest BCUT2D eigenvalue weighted by molar-refractivity contribution is 6.32. The van der Waals surface area contributed by atoms with E-state index in [-0.39, 0.29) is 11.3 Å². The van der Waals surface area contributed by atoms with Crippen LogP contribution in [-0.2, 0) is 4.79 Å². The van der Waals surface area contributed by atoms with E-state index >= 15 is 0 Å². The lowest BCUT2D eigenvalue weighted by molar-refractivity contribution is -0.113. The molecule has 0 spiro atoms. The van der Waals surface area contributed by atoms with Gasteiger partial charge in [0.1, 0.15) is 5.70 Å². The smallest absolute Gasteiger partial charge is 0.335 e. The van der Waals surface area contributed by atoms with Gasteiger partial charge in [-0.15, -0.1) is 0 Å². The number of carbonyl (C=O) groups is 3. The second kappa shape index (κ2) is 6.17. The minimum Gasteiger partial charge on any atom is -0.478 e. The van der Waals surface area contributed by atoms with Gasteiger partial charge in [-0.1, -0.05) is 29.8 Å². The molecule has 3 amide bonds.